The van der Waals surface area contributed by atoms with E-state index in [9.17, 15) is 19.1 Å². The summed E-state index contributed by atoms with van der Waals surface area (Å²) in [5.41, 5.74) is 2.57. The number of imidazole rings is 1. The summed E-state index contributed by atoms with van der Waals surface area (Å²) >= 11 is 1.25. The largest absolute Gasteiger partial charge is 0.478 e. The first-order valence-electron chi connectivity index (χ1n) is 14.7. The molecule has 3 aromatic carbocycles. The summed E-state index contributed by atoms with van der Waals surface area (Å²) in [6.45, 7) is -0.155. The Morgan fingerprint density at radius 1 is 1.04 bits per heavy atom. The summed E-state index contributed by atoms with van der Waals surface area (Å²) in [6, 6.07) is 20.0. The summed E-state index contributed by atoms with van der Waals surface area (Å²) in [7, 11) is 1.38. The van der Waals surface area contributed by atoms with Crippen LogP contribution in [0, 0.1) is 23.0 Å². The van der Waals surface area contributed by atoms with E-state index in [4.69, 9.17) is 14.7 Å². The van der Waals surface area contributed by atoms with Gasteiger partial charge in [-0.1, -0.05) is 24.3 Å². The standard InChI is InChI=1S/C35H26F2N6O5S/c1-47-30(33(44)42-35-39-11-12-49-35)18-43-29-15-23(34(45)46)9-10-28(29)40-31(43)16-21-7-8-22(14-26(21)37)27-3-2-4-32(41-27)48-19-24-6-5-20(17-38)13-25(24)36/h2-15,30H,16,18-19H2,1H3,(H,45,46)(H,39,42,44)/t30-/m0/s1. The number of pyridine rings is 1. The SMILES string of the molecule is CO[C@@H](Cn1c(Cc2ccc(-c3cccc(OCc4ccc(C#N)cc4F)n3)cc2F)nc2ccc(C(=O)O)cc21)C(=O)Nc1nccs1. The van der Waals surface area contributed by atoms with Crippen molar-refractivity contribution < 1.29 is 33.0 Å². The third kappa shape index (κ3) is 7.43. The molecule has 6 aromatic rings. The summed E-state index contributed by atoms with van der Waals surface area (Å²) in [5.74, 6) is -2.12. The van der Waals surface area contributed by atoms with Gasteiger partial charge in [-0.25, -0.2) is 28.5 Å². The number of carboxylic acid groups (broad SMARTS) is 1. The normalized spacial score (nSPS) is 11.6. The average Bonchev–Trinajstić information content (AvgIpc) is 3.74. The molecular formula is C35H26F2N6O5S. The van der Waals surface area contributed by atoms with Crippen molar-refractivity contribution >= 4 is 39.4 Å². The number of anilines is 1. The molecule has 1 amide bonds. The number of nitrogens with one attached hydrogen (secondary N) is 1. The van der Waals surface area contributed by atoms with E-state index in [1.165, 1.54) is 48.8 Å². The molecule has 0 aliphatic rings. The van der Waals surface area contributed by atoms with Gasteiger partial charge in [0, 0.05) is 42.3 Å². The second-order valence-corrected chi connectivity index (χ2v) is 11.6. The highest BCUT2D eigenvalue weighted by molar-refractivity contribution is 7.13. The Morgan fingerprint density at radius 2 is 1.86 bits per heavy atom. The predicted octanol–water partition coefficient (Wildman–Crippen LogP) is 6.23. The molecule has 3 aromatic heterocycles. The zero-order valence-corrected chi connectivity index (χ0v) is 26.6. The molecule has 0 aliphatic heterocycles. The van der Waals surface area contributed by atoms with Crippen LogP contribution in [0.25, 0.3) is 22.3 Å². The molecule has 246 valence electrons. The molecule has 0 saturated carbocycles. The van der Waals surface area contributed by atoms with Crippen LogP contribution in [0.3, 0.4) is 0 Å². The van der Waals surface area contributed by atoms with Gasteiger partial charge in [-0.3, -0.25) is 10.1 Å². The van der Waals surface area contributed by atoms with Gasteiger partial charge in [-0.2, -0.15) is 5.26 Å². The van der Waals surface area contributed by atoms with Crippen LogP contribution in [0.2, 0.25) is 0 Å². The van der Waals surface area contributed by atoms with E-state index < -0.39 is 29.6 Å². The van der Waals surface area contributed by atoms with Gasteiger partial charge in [0.2, 0.25) is 5.88 Å². The maximum atomic E-state index is 15.7. The maximum absolute atomic E-state index is 15.7. The Kier molecular flexibility index (Phi) is 9.65. The number of nitriles is 1. The molecule has 0 saturated heterocycles. The maximum Gasteiger partial charge on any atom is 0.335 e. The van der Waals surface area contributed by atoms with Crippen LogP contribution in [0.5, 0.6) is 5.88 Å². The number of ether oxygens (including phenoxy) is 2. The molecule has 2 N–H and O–H groups in total. The van der Waals surface area contributed by atoms with Crippen molar-refractivity contribution in [3.63, 3.8) is 0 Å². The van der Waals surface area contributed by atoms with Crippen molar-refractivity contribution in [2.45, 2.75) is 25.7 Å². The fourth-order valence-corrected chi connectivity index (χ4v) is 5.64. The minimum absolute atomic E-state index is 0.0144. The van der Waals surface area contributed by atoms with Gasteiger partial charge in [0.15, 0.2) is 11.2 Å². The lowest BCUT2D eigenvalue weighted by Gasteiger charge is -2.18. The molecule has 0 aliphatic carbocycles. The van der Waals surface area contributed by atoms with E-state index in [0.29, 0.717) is 38.8 Å². The molecule has 14 heteroatoms. The predicted molar refractivity (Wildman–Crippen MR) is 176 cm³/mol. The van der Waals surface area contributed by atoms with E-state index in [1.807, 2.05) is 6.07 Å². The molecule has 0 unspecified atom stereocenters. The average molecular weight is 681 g/mol. The highest BCUT2D eigenvalue weighted by Gasteiger charge is 2.24. The molecule has 1 atom stereocenters. The highest BCUT2D eigenvalue weighted by Crippen LogP contribution is 2.27. The lowest BCUT2D eigenvalue weighted by molar-refractivity contribution is -0.126. The number of benzene rings is 3. The number of hydrogen-bond acceptors (Lipinski definition) is 9. The van der Waals surface area contributed by atoms with E-state index in [1.54, 1.807) is 52.5 Å². The van der Waals surface area contributed by atoms with Gasteiger partial charge in [-0.15, -0.1) is 11.3 Å². The summed E-state index contributed by atoms with van der Waals surface area (Å²) < 4.78 is 42.8. The fourth-order valence-electron chi connectivity index (χ4n) is 5.11. The number of amides is 1. The van der Waals surface area contributed by atoms with E-state index >= 15 is 4.39 Å². The Bertz CT molecular complexity index is 2220. The van der Waals surface area contributed by atoms with Gasteiger partial charge < -0.3 is 19.1 Å². The van der Waals surface area contributed by atoms with Crippen LogP contribution in [0.1, 0.15) is 32.9 Å². The third-order valence-corrected chi connectivity index (χ3v) is 8.33. The molecule has 6 rings (SSSR count). The lowest BCUT2D eigenvalue weighted by atomic mass is 10.1. The van der Waals surface area contributed by atoms with Gasteiger partial charge >= 0.3 is 5.97 Å². The number of methoxy groups -OCH3 is 1. The van der Waals surface area contributed by atoms with Crippen LogP contribution in [0.15, 0.2) is 84.4 Å². The quantitative estimate of drug-likeness (QED) is 0.153. The number of carbonyl (C=O) groups is 2. The van der Waals surface area contributed by atoms with Crippen LogP contribution in [0.4, 0.5) is 13.9 Å². The second kappa shape index (κ2) is 14.4. The summed E-state index contributed by atoms with van der Waals surface area (Å²) in [5, 5.41) is 23.4. The molecule has 11 nitrogen and oxygen atoms in total. The number of rotatable bonds is 12. The molecule has 0 bridgehead atoms. The molecular weight excluding hydrogens is 654 g/mol. The Morgan fingerprint density at radius 3 is 2.57 bits per heavy atom. The van der Waals surface area contributed by atoms with E-state index in [-0.39, 0.29) is 42.1 Å². The van der Waals surface area contributed by atoms with Gasteiger partial charge in [0.25, 0.3) is 5.91 Å². The lowest BCUT2D eigenvalue weighted by Crippen LogP contribution is -2.34. The van der Waals surface area contributed by atoms with Crippen molar-refractivity contribution in [3.8, 4) is 23.2 Å². The number of thiazole rings is 1. The first-order chi connectivity index (χ1) is 23.7. The summed E-state index contributed by atoms with van der Waals surface area (Å²) in [6.07, 6.45) is 0.564. The van der Waals surface area contributed by atoms with Crippen LogP contribution >= 0.6 is 11.3 Å². The summed E-state index contributed by atoms with van der Waals surface area (Å²) in [4.78, 5) is 38.0. The molecule has 49 heavy (non-hydrogen) atoms. The minimum atomic E-state index is -1.13. The van der Waals surface area contributed by atoms with Crippen LogP contribution in [-0.2, 0) is 29.1 Å². The van der Waals surface area contributed by atoms with Crippen molar-refractivity contribution in [2.75, 3.05) is 12.4 Å². The van der Waals surface area contributed by atoms with Crippen molar-refractivity contribution in [1.29, 1.82) is 5.26 Å². The topological polar surface area (TPSA) is 152 Å². The molecule has 0 fully saturated rings. The van der Waals surface area contributed by atoms with Crippen molar-refractivity contribution in [2.24, 2.45) is 0 Å². The van der Waals surface area contributed by atoms with Crippen molar-refractivity contribution in [1.82, 2.24) is 19.5 Å². The number of hydrogen-bond donors (Lipinski definition) is 2. The number of aromatic carboxylic acids is 1. The number of nitrogens with zero attached hydrogens (tertiary/aromatic N) is 5. The Balaban J connectivity index is 1.25. The number of carbonyl (C=O) groups excluding carboxylic acids is 1. The van der Waals surface area contributed by atoms with Gasteiger partial charge in [0.05, 0.1) is 40.5 Å². The Labute approximate surface area is 282 Å². The smallest absolute Gasteiger partial charge is 0.335 e. The first-order valence-corrected chi connectivity index (χ1v) is 15.6. The molecule has 3 heterocycles. The van der Waals surface area contributed by atoms with Crippen molar-refractivity contribution in [3.05, 3.63) is 124 Å². The van der Waals surface area contributed by atoms with Gasteiger partial charge in [-0.05, 0) is 48.0 Å². The van der Waals surface area contributed by atoms with Crippen LogP contribution < -0.4 is 10.1 Å². The number of halogens is 2. The van der Waals surface area contributed by atoms with Crippen LogP contribution in [-0.4, -0.2) is 49.7 Å². The number of fused-ring (bicyclic) bond motifs is 1. The molecule has 0 spiro atoms. The first kappa shape index (κ1) is 32.9. The van der Waals surface area contributed by atoms with Gasteiger partial charge in [0.1, 0.15) is 24.1 Å². The highest BCUT2D eigenvalue weighted by atomic mass is 32.1. The zero-order chi connectivity index (χ0) is 34.5. The zero-order valence-electron chi connectivity index (χ0n) is 25.8. The van der Waals surface area contributed by atoms with E-state index in [2.05, 4.69) is 20.3 Å². The second-order valence-electron chi connectivity index (χ2n) is 10.7. The monoisotopic (exact) mass is 680 g/mol. The number of aromatic nitrogens is 4. The third-order valence-electron chi connectivity index (χ3n) is 7.64. The molecule has 0 radical (unpaired) electrons. The van der Waals surface area contributed by atoms with E-state index in [0.717, 1.165) is 6.07 Å². The fraction of sp³-hybridized carbons (Fsp3) is 0.143. The minimum Gasteiger partial charge on any atom is -0.478 e. The Hall–Kier alpha value is -6.04. The number of carboxylic acids is 1.